The van der Waals surface area contributed by atoms with Crippen LogP contribution in [0.1, 0.15) is 34.6 Å². The molecule has 0 aliphatic rings. The first-order chi connectivity index (χ1) is 14.0. The van der Waals surface area contributed by atoms with Gasteiger partial charge in [-0.3, -0.25) is 4.79 Å². The van der Waals surface area contributed by atoms with Crippen molar-refractivity contribution in [2.24, 2.45) is 0 Å². The minimum atomic E-state index is -0.263. The molecule has 1 atom stereocenters. The highest BCUT2D eigenvalue weighted by Crippen LogP contribution is 2.30. The maximum absolute atomic E-state index is 12.8. The van der Waals surface area contributed by atoms with Crippen molar-refractivity contribution in [1.82, 2.24) is 20.1 Å². The van der Waals surface area contributed by atoms with Gasteiger partial charge in [0.25, 0.3) is 5.91 Å². The average Bonchev–Trinajstić information content (AvgIpc) is 3.14. The van der Waals surface area contributed by atoms with E-state index in [4.69, 9.17) is 14.6 Å². The fourth-order valence-corrected chi connectivity index (χ4v) is 2.93. The van der Waals surface area contributed by atoms with E-state index in [0.717, 1.165) is 5.56 Å². The summed E-state index contributed by atoms with van der Waals surface area (Å²) in [5.41, 5.74) is 2.05. The molecular weight excluding hydrogens is 372 g/mol. The molecule has 0 bridgehead atoms. The van der Waals surface area contributed by atoms with Crippen LogP contribution in [0.3, 0.4) is 0 Å². The van der Waals surface area contributed by atoms with E-state index >= 15 is 0 Å². The van der Waals surface area contributed by atoms with Crippen molar-refractivity contribution in [3.63, 3.8) is 0 Å². The third-order valence-electron chi connectivity index (χ3n) is 4.50. The summed E-state index contributed by atoms with van der Waals surface area (Å²) in [6, 6.07) is 10.7. The number of carbonyl (C=O) groups is 1. The standard InChI is InChI=1S/C21H24N4O4/c1-14(16-7-8-18(29-11-10-26)19(12-16)28-3)24-21(27)17-13-23-25(15(17)2)20-6-4-5-9-22-20/h4-9,12-14,26H,10-11H2,1-3H3,(H,24,27). The number of nitrogens with one attached hydrogen (secondary N) is 1. The third-order valence-corrected chi connectivity index (χ3v) is 4.50. The molecule has 8 heteroatoms. The van der Waals surface area contributed by atoms with Gasteiger partial charge in [0.15, 0.2) is 17.3 Å². The second-order valence-electron chi connectivity index (χ2n) is 6.42. The highest BCUT2D eigenvalue weighted by atomic mass is 16.5. The van der Waals surface area contributed by atoms with Gasteiger partial charge in [0.05, 0.1) is 37.2 Å². The maximum Gasteiger partial charge on any atom is 0.255 e. The molecule has 0 aliphatic carbocycles. The first-order valence-corrected chi connectivity index (χ1v) is 9.23. The van der Waals surface area contributed by atoms with Crippen LogP contribution in [0.15, 0.2) is 48.8 Å². The highest BCUT2D eigenvalue weighted by molar-refractivity contribution is 5.95. The average molecular weight is 396 g/mol. The smallest absolute Gasteiger partial charge is 0.255 e. The molecule has 3 aromatic rings. The number of hydrogen-bond donors (Lipinski definition) is 2. The molecule has 1 amide bonds. The van der Waals surface area contributed by atoms with E-state index in [0.29, 0.717) is 28.6 Å². The van der Waals surface area contributed by atoms with Crippen molar-refractivity contribution in [2.75, 3.05) is 20.3 Å². The normalized spacial score (nSPS) is 11.7. The largest absolute Gasteiger partial charge is 0.493 e. The second-order valence-corrected chi connectivity index (χ2v) is 6.42. The molecule has 29 heavy (non-hydrogen) atoms. The molecule has 2 N–H and O–H groups in total. The zero-order valence-electron chi connectivity index (χ0n) is 16.6. The number of aliphatic hydroxyl groups is 1. The predicted molar refractivity (Wildman–Crippen MR) is 108 cm³/mol. The van der Waals surface area contributed by atoms with E-state index in [2.05, 4.69) is 15.4 Å². The van der Waals surface area contributed by atoms with Crippen LogP contribution in [0.2, 0.25) is 0 Å². The van der Waals surface area contributed by atoms with Gasteiger partial charge in [-0.2, -0.15) is 5.10 Å². The van der Waals surface area contributed by atoms with E-state index in [1.165, 1.54) is 0 Å². The van der Waals surface area contributed by atoms with Crippen LogP contribution in [0, 0.1) is 6.92 Å². The quantitative estimate of drug-likeness (QED) is 0.607. The van der Waals surface area contributed by atoms with Crippen molar-refractivity contribution >= 4 is 5.91 Å². The minimum Gasteiger partial charge on any atom is -0.493 e. The summed E-state index contributed by atoms with van der Waals surface area (Å²) in [5.74, 6) is 1.50. The number of carbonyl (C=O) groups excluding carboxylic acids is 1. The van der Waals surface area contributed by atoms with Gasteiger partial charge in [-0.05, 0) is 43.7 Å². The number of rotatable bonds is 8. The summed E-state index contributed by atoms with van der Waals surface area (Å²) in [5, 5.41) is 16.2. The van der Waals surface area contributed by atoms with Gasteiger partial charge >= 0.3 is 0 Å². The van der Waals surface area contributed by atoms with Crippen LogP contribution in [-0.4, -0.2) is 46.1 Å². The Morgan fingerprint density at radius 1 is 1.28 bits per heavy atom. The van der Waals surface area contributed by atoms with E-state index in [1.807, 2.05) is 44.2 Å². The van der Waals surface area contributed by atoms with Gasteiger partial charge in [0.2, 0.25) is 0 Å². The Hall–Kier alpha value is -3.39. The number of methoxy groups -OCH3 is 1. The van der Waals surface area contributed by atoms with Crippen LogP contribution in [-0.2, 0) is 0 Å². The Morgan fingerprint density at radius 3 is 2.79 bits per heavy atom. The van der Waals surface area contributed by atoms with Crippen molar-refractivity contribution in [2.45, 2.75) is 19.9 Å². The molecule has 8 nitrogen and oxygen atoms in total. The van der Waals surface area contributed by atoms with E-state index in [-0.39, 0.29) is 25.2 Å². The highest BCUT2D eigenvalue weighted by Gasteiger charge is 2.19. The summed E-state index contributed by atoms with van der Waals surface area (Å²) in [4.78, 5) is 17.1. The summed E-state index contributed by atoms with van der Waals surface area (Å²) < 4.78 is 12.4. The number of ether oxygens (including phenoxy) is 2. The van der Waals surface area contributed by atoms with Crippen molar-refractivity contribution in [3.8, 4) is 17.3 Å². The lowest BCUT2D eigenvalue weighted by molar-refractivity contribution is 0.0939. The first kappa shape index (κ1) is 20.3. The number of pyridine rings is 1. The van der Waals surface area contributed by atoms with Crippen LogP contribution in [0.5, 0.6) is 11.5 Å². The van der Waals surface area contributed by atoms with Gasteiger partial charge in [0.1, 0.15) is 6.61 Å². The van der Waals surface area contributed by atoms with Crippen molar-refractivity contribution in [1.29, 1.82) is 0 Å². The number of benzene rings is 1. The van der Waals surface area contributed by atoms with Gasteiger partial charge in [-0.15, -0.1) is 0 Å². The van der Waals surface area contributed by atoms with Gasteiger partial charge in [-0.25, -0.2) is 9.67 Å². The topological polar surface area (TPSA) is 98.5 Å². The van der Waals surface area contributed by atoms with Crippen molar-refractivity contribution < 1.29 is 19.4 Å². The number of aromatic nitrogens is 3. The SMILES string of the molecule is COc1cc(C(C)NC(=O)c2cnn(-c3ccccn3)c2C)ccc1OCCO. The zero-order valence-corrected chi connectivity index (χ0v) is 16.6. The third kappa shape index (κ3) is 4.55. The number of nitrogens with zero attached hydrogens (tertiary/aromatic N) is 3. The Balaban J connectivity index is 1.75. The molecule has 2 heterocycles. The molecule has 0 aliphatic heterocycles. The van der Waals surface area contributed by atoms with Gasteiger partial charge in [0, 0.05) is 6.20 Å². The minimum absolute atomic E-state index is 0.0805. The first-order valence-electron chi connectivity index (χ1n) is 9.23. The Morgan fingerprint density at radius 2 is 2.10 bits per heavy atom. The van der Waals surface area contributed by atoms with Crippen LogP contribution in [0.4, 0.5) is 0 Å². The Bertz CT molecular complexity index is 972. The molecule has 0 saturated heterocycles. The molecular formula is C21H24N4O4. The molecule has 0 saturated carbocycles. The zero-order chi connectivity index (χ0) is 20.8. The fraction of sp³-hybridized carbons (Fsp3) is 0.286. The monoisotopic (exact) mass is 396 g/mol. The van der Waals surface area contributed by atoms with Crippen molar-refractivity contribution in [3.05, 3.63) is 65.6 Å². The lowest BCUT2D eigenvalue weighted by Crippen LogP contribution is -2.27. The summed E-state index contributed by atoms with van der Waals surface area (Å²) >= 11 is 0. The summed E-state index contributed by atoms with van der Waals surface area (Å²) in [6.45, 7) is 3.82. The lowest BCUT2D eigenvalue weighted by atomic mass is 10.1. The second kappa shape index (κ2) is 9.20. The van der Waals surface area contributed by atoms with Gasteiger partial charge < -0.3 is 19.9 Å². The molecule has 152 valence electrons. The molecule has 0 fully saturated rings. The molecule has 0 spiro atoms. The van der Waals surface area contributed by atoms with Crippen LogP contribution < -0.4 is 14.8 Å². The summed E-state index contributed by atoms with van der Waals surface area (Å²) in [6.07, 6.45) is 3.22. The lowest BCUT2D eigenvalue weighted by Gasteiger charge is -2.17. The van der Waals surface area contributed by atoms with E-state index < -0.39 is 0 Å². The number of amides is 1. The Labute approximate surface area is 169 Å². The molecule has 2 aromatic heterocycles. The fourth-order valence-electron chi connectivity index (χ4n) is 2.93. The predicted octanol–water partition coefficient (Wildman–Crippen LogP) is 2.45. The van der Waals surface area contributed by atoms with Gasteiger partial charge in [-0.1, -0.05) is 12.1 Å². The molecule has 1 unspecified atom stereocenters. The summed E-state index contributed by atoms with van der Waals surface area (Å²) in [7, 11) is 1.55. The number of hydrogen-bond acceptors (Lipinski definition) is 6. The molecule has 0 radical (unpaired) electrons. The van der Waals surface area contributed by atoms with Crippen LogP contribution >= 0.6 is 0 Å². The molecule has 3 rings (SSSR count). The maximum atomic E-state index is 12.8. The van der Waals surface area contributed by atoms with Crippen LogP contribution in [0.25, 0.3) is 5.82 Å². The van der Waals surface area contributed by atoms with E-state index in [1.54, 1.807) is 30.3 Å². The van der Waals surface area contributed by atoms with E-state index in [9.17, 15) is 4.79 Å². The number of aliphatic hydroxyl groups excluding tert-OH is 1. The molecule has 1 aromatic carbocycles. The Kier molecular flexibility index (Phi) is 6.46.